The Balaban J connectivity index is 0.000000184. The van der Waals surface area contributed by atoms with Gasteiger partial charge in [-0.15, -0.1) is 0 Å². The molecule has 0 bridgehead atoms. The number of carbonyl (C=O) groups is 5. The van der Waals surface area contributed by atoms with Gasteiger partial charge in [0.2, 0.25) is 17.8 Å². The summed E-state index contributed by atoms with van der Waals surface area (Å²) >= 11 is 0. The van der Waals surface area contributed by atoms with Crippen LogP contribution in [0.2, 0.25) is 0 Å². The minimum atomic E-state index is -0.891. The number of aromatic amines is 3. The molecule has 0 unspecified atom stereocenters. The van der Waals surface area contributed by atoms with Gasteiger partial charge in [-0.25, -0.2) is 15.0 Å². The van der Waals surface area contributed by atoms with E-state index in [2.05, 4.69) is 76.4 Å². The number of aliphatic carboxylic acids is 1. The second kappa shape index (κ2) is 28.5. The maximum absolute atomic E-state index is 12.4. The second-order valence-corrected chi connectivity index (χ2v) is 23.3. The highest BCUT2D eigenvalue weighted by Gasteiger charge is 2.37. The first-order valence-electron chi connectivity index (χ1n) is 28.0. The van der Waals surface area contributed by atoms with Crippen LogP contribution in [0, 0.1) is 50.4 Å². The number of aromatic nitrogens is 12. The van der Waals surface area contributed by atoms with Gasteiger partial charge in [-0.3, -0.25) is 39.3 Å². The normalized spacial score (nSPS) is 19.6. The summed E-state index contributed by atoms with van der Waals surface area (Å²) in [6.45, 7) is 19.4. The summed E-state index contributed by atoms with van der Waals surface area (Å²) in [4.78, 5) is 93.5. The van der Waals surface area contributed by atoms with E-state index in [0.29, 0.717) is 98.9 Å². The molecular formula is C56H79N19O10. The van der Waals surface area contributed by atoms with Gasteiger partial charge in [0.15, 0.2) is 0 Å². The highest BCUT2D eigenvalue weighted by molar-refractivity contribution is 5.75. The number of nitrogens with zero attached hydrogens (tertiary/aromatic N) is 12. The van der Waals surface area contributed by atoms with Gasteiger partial charge >= 0.3 is 29.8 Å². The number of carboxylic acid groups (broad SMARTS) is 1. The lowest BCUT2D eigenvalue weighted by atomic mass is 9.87. The van der Waals surface area contributed by atoms with E-state index in [1.165, 1.54) is 14.2 Å². The van der Waals surface area contributed by atoms with Crippen molar-refractivity contribution in [1.29, 1.82) is 0 Å². The number of hydrogen-bond donors (Lipinski definition) is 8. The van der Waals surface area contributed by atoms with Crippen molar-refractivity contribution in [2.75, 3.05) is 84.1 Å². The Morgan fingerprint density at radius 2 is 0.882 bits per heavy atom. The van der Waals surface area contributed by atoms with Crippen LogP contribution in [0.4, 0.5) is 52.8 Å². The van der Waals surface area contributed by atoms with Crippen LogP contribution in [0.3, 0.4) is 0 Å². The molecule has 29 heteroatoms. The van der Waals surface area contributed by atoms with E-state index in [0.717, 1.165) is 22.9 Å². The maximum atomic E-state index is 12.4. The van der Waals surface area contributed by atoms with Gasteiger partial charge < -0.3 is 60.4 Å². The molecule has 29 nitrogen and oxygen atoms in total. The first-order chi connectivity index (χ1) is 40.3. The summed E-state index contributed by atoms with van der Waals surface area (Å²) in [5.41, 5.74) is 7.29. The van der Waals surface area contributed by atoms with Crippen LogP contribution in [0.25, 0.3) is 0 Å². The predicted octanol–water partition coefficient (Wildman–Crippen LogP) is 5.69. The van der Waals surface area contributed by atoms with Gasteiger partial charge in [-0.05, 0) is 93.4 Å². The van der Waals surface area contributed by atoms with E-state index >= 15 is 0 Å². The summed E-state index contributed by atoms with van der Waals surface area (Å²) in [5, 5.41) is 39.2. The number of aryl methyl sites for hydroxylation is 3. The molecule has 3 aliphatic rings. The number of carboxylic acids is 1. The smallest absolute Gasteiger partial charge is 0.310 e. The lowest BCUT2D eigenvalue weighted by molar-refractivity contribution is -0.157. The number of hydrogen-bond acceptors (Lipinski definition) is 25. The van der Waals surface area contributed by atoms with Crippen LogP contribution in [0.1, 0.15) is 90.7 Å². The molecule has 0 radical (unpaired) electrons. The van der Waals surface area contributed by atoms with E-state index in [4.69, 9.17) is 24.7 Å². The fraction of sp³-hybridized carbons (Fsp3) is 0.536. The SMILES string of the molecule is COC(=O)[C@@H]1C[C@@H](CC(=O)OC(C)(C)C)CN(c2nc(C)cc(Nc3ccn[nH]3)n2)C1.COC(=O)[C@@H]1C[C@@H](N)CN(c2nc(C)cc(Nc3ccn[nH]3)n2)C1.Cc1cc(Nc2ccn[nH]2)nc(N2C[C@H](CC(=O)OC(C)(C)C)C[C@@H](C(=O)O)C2)n1. The van der Waals surface area contributed by atoms with E-state index in [1.807, 2.05) is 89.1 Å². The van der Waals surface area contributed by atoms with Gasteiger partial charge in [0, 0.05) is 98.8 Å². The molecule has 85 heavy (non-hydrogen) atoms. The Bertz CT molecular complexity index is 3170. The molecule has 3 fully saturated rings. The van der Waals surface area contributed by atoms with Crippen LogP contribution in [0.15, 0.2) is 55.0 Å². The van der Waals surface area contributed by atoms with Crippen LogP contribution in [-0.4, -0.2) is 166 Å². The largest absolute Gasteiger partial charge is 0.481 e. The third-order valence-electron chi connectivity index (χ3n) is 13.4. The fourth-order valence-electron chi connectivity index (χ4n) is 10.1. The van der Waals surface area contributed by atoms with E-state index in [1.54, 1.807) is 42.9 Å². The Kier molecular flexibility index (Phi) is 21.3. The van der Waals surface area contributed by atoms with Crippen LogP contribution in [0.5, 0.6) is 0 Å². The van der Waals surface area contributed by atoms with Crippen molar-refractivity contribution < 1.29 is 48.0 Å². The minimum absolute atomic E-state index is 0.0826. The maximum Gasteiger partial charge on any atom is 0.310 e. The molecule has 9 rings (SSSR count). The van der Waals surface area contributed by atoms with Crippen molar-refractivity contribution in [3.63, 3.8) is 0 Å². The third kappa shape index (κ3) is 19.8. The molecule has 0 saturated carbocycles. The third-order valence-corrected chi connectivity index (χ3v) is 13.4. The number of nitrogens with two attached hydrogens (primary N) is 1. The Morgan fingerprint density at radius 3 is 1.21 bits per heavy atom. The van der Waals surface area contributed by atoms with E-state index in [9.17, 15) is 29.1 Å². The van der Waals surface area contributed by atoms with Crippen molar-refractivity contribution >= 4 is 82.6 Å². The molecule has 6 aromatic rings. The number of methoxy groups -OCH3 is 2. The molecule has 0 amide bonds. The quantitative estimate of drug-likeness (QED) is 0.0426. The second-order valence-electron chi connectivity index (χ2n) is 23.3. The Morgan fingerprint density at radius 1 is 0.541 bits per heavy atom. The highest BCUT2D eigenvalue weighted by Crippen LogP contribution is 2.32. The zero-order valence-corrected chi connectivity index (χ0v) is 50.0. The zero-order chi connectivity index (χ0) is 61.6. The number of ether oxygens (including phenoxy) is 4. The minimum Gasteiger partial charge on any atom is -0.481 e. The summed E-state index contributed by atoms with van der Waals surface area (Å²) in [6, 6.07) is 10.7. The Hall–Kier alpha value is -9.02. The molecule has 0 spiro atoms. The summed E-state index contributed by atoms with van der Waals surface area (Å²) in [6.07, 6.45) is 6.86. The van der Waals surface area contributed by atoms with Crippen LogP contribution >= 0.6 is 0 Å². The summed E-state index contributed by atoms with van der Waals surface area (Å²) < 4.78 is 20.7. The first kappa shape index (κ1) is 63.6. The van der Waals surface area contributed by atoms with Crippen molar-refractivity contribution in [3.05, 3.63) is 72.1 Å². The van der Waals surface area contributed by atoms with E-state index in [-0.39, 0.29) is 73.0 Å². The van der Waals surface area contributed by atoms with Crippen molar-refractivity contribution in [2.45, 2.75) is 112 Å². The number of piperidine rings is 3. The molecule has 458 valence electrons. The number of rotatable bonds is 16. The lowest BCUT2D eigenvalue weighted by Crippen LogP contribution is -2.50. The van der Waals surface area contributed by atoms with Crippen LogP contribution < -0.4 is 36.4 Å². The topological polar surface area (TPSA) is 378 Å². The molecule has 9 heterocycles. The number of esters is 4. The zero-order valence-electron chi connectivity index (χ0n) is 50.0. The molecule has 6 atom stereocenters. The number of anilines is 9. The monoisotopic (exact) mass is 1180 g/mol. The number of nitrogens with one attached hydrogen (secondary N) is 6. The van der Waals surface area contributed by atoms with Gasteiger partial charge in [0.1, 0.15) is 46.1 Å². The molecule has 9 N–H and O–H groups in total. The standard InChI is InChI=1S/C21H30N6O4.C20H28N6O4.C15H21N7O2/c1-13-8-17(24-16-6-7-22-26-16)25-20(23-13)27-11-14(9-15(12-27)19(29)30-5)10-18(28)31-21(2,3)4;1-12-7-16(23-15-5-6-21-25-15)24-19(22-12)26-10-13(8-14(11-26)18(28)29)9-17(27)30-20(2,3)4;1-9-5-13(19-12-3-4-17-21-12)20-15(18-9)22-7-10(14(23)24-2)6-11(16)8-22/h6-8,14-15H,9-12H2,1-5H3,(H2,22,23,24,25,26);5-7,13-14H,8-11H2,1-4H3,(H,28,29)(H2,21,22,23,24,25);3-5,10-11H,6-8,16H2,1-2H3,(H2,17,18,19,20,21)/t14-,15+;13-,14+;10-,11-/m001/s1. The van der Waals surface area contributed by atoms with Crippen molar-refractivity contribution in [3.8, 4) is 0 Å². The van der Waals surface area contributed by atoms with Gasteiger partial charge in [-0.1, -0.05) is 0 Å². The number of carbonyl (C=O) groups excluding carboxylic acids is 4. The average molecular weight is 1180 g/mol. The van der Waals surface area contributed by atoms with Gasteiger partial charge in [-0.2, -0.15) is 30.2 Å². The molecule has 0 aliphatic carbocycles. The Labute approximate surface area is 492 Å². The molecule has 6 aromatic heterocycles. The van der Waals surface area contributed by atoms with Gasteiger partial charge in [0.05, 0.1) is 63.4 Å². The average Bonchev–Trinajstić information content (AvgIpc) is 3.08. The van der Waals surface area contributed by atoms with Gasteiger partial charge in [0.25, 0.3) is 0 Å². The van der Waals surface area contributed by atoms with E-state index < -0.39 is 23.1 Å². The fourth-order valence-corrected chi connectivity index (χ4v) is 10.1. The summed E-state index contributed by atoms with van der Waals surface area (Å²) in [5.74, 6) is 1.85. The molecular weight excluding hydrogens is 1100 g/mol. The molecule has 3 saturated heterocycles. The summed E-state index contributed by atoms with van der Waals surface area (Å²) in [7, 11) is 2.77. The number of H-pyrrole nitrogens is 3. The van der Waals surface area contributed by atoms with Crippen molar-refractivity contribution in [1.82, 2.24) is 60.5 Å². The predicted molar refractivity (Wildman–Crippen MR) is 314 cm³/mol. The molecule has 0 aromatic carbocycles. The van der Waals surface area contributed by atoms with Crippen molar-refractivity contribution in [2.24, 2.45) is 35.3 Å². The highest BCUT2D eigenvalue weighted by atomic mass is 16.6. The van der Waals surface area contributed by atoms with Crippen LogP contribution in [-0.2, 0) is 42.9 Å². The first-order valence-corrected chi connectivity index (χ1v) is 28.0. The lowest BCUT2D eigenvalue weighted by Gasteiger charge is -2.36. The molecule has 3 aliphatic heterocycles.